The van der Waals surface area contributed by atoms with Gasteiger partial charge in [0.2, 0.25) is 0 Å². The third-order valence-corrected chi connectivity index (χ3v) is 3.04. The number of rotatable bonds is 0. The normalized spacial score (nSPS) is 16.5. The molecule has 1 unspecified atom stereocenters. The molecule has 1 heteroatoms. The molecular weight excluding hydrogens is 301 g/mol. The minimum absolute atomic E-state index is 0. The van der Waals surface area contributed by atoms with Crippen LogP contribution in [-0.4, -0.2) is 0 Å². The first kappa shape index (κ1) is 12.0. The van der Waals surface area contributed by atoms with Crippen molar-refractivity contribution in [3.05, 3.63) is 59.7 Å². The second-order valence-corrected chi connectivity index (χ2v) is 3.81. The molecule has 0 N–H and O–H groups in total. The minimum Gasteiger partial charge on any atom is -0.179 e. The maximum Gasteiger partial charge on any atom is 1.00 e. The molecule has 2 aromatic rings. The Morgan fingerprint density at radius 2 is 1.73 bits per heavy atom. The van der Waals surface area contributed by atoms with Gasteiger partial charge in [-0.05, 0) is 11.5 Å². The SMILES string of the molecule is CC1c2[c-]cccc2-c2ccccc21.[Cs+]. The van der Waals surface area contributed by atoms with Crippen molar-refractivity contribution in [1.82, 2.24) is 0 Å². The first-order chi connectivity index (χ1) is 6.88. The molecule has 68 valence electrons. The molecule has 1 aliphatic carbocycles. The second kappa shape index (κ2) is 4.78. The summed E-state index contributed by atoms with van der Waals surface area (Å²) in [5, 5.41) is 0. The van der Waals surface area contributed by atoms with Gasteiger partial charge in [0.15, 0.2) is 0 Å². The summed E-state index contributed by atoms with van der Waals surface area (Å²) in [4.78, 5) is 0. The van der Waals surface area contributed by atoms with E-state index in [2.05, 4.69) is 49.4 Å². The van der Waals surface area contributed by atoms with Crippen molar-refractivity contribution in [3.63, 3.8) is 0 Å². The maximum absolute atomic E-state index is 3.35. The Balaban J connectivity index is 0.000000853. The molecular formula is C14H11Cs. The van der Waals surface area contributed by atoms with Crippen LogP contribution in [0.4, 0.5) is 0 Å². The summed E-state index contributed by atoms with van der Waals surface area (Å²) in [5.41, 5.74) is 5.51. The van der Waals surface area contributed by atoms with Gasteiger partial charge in [-0.15, -0.1) is 11.1 Å². The van der Waals surface area contributed by atoms with Crippen LogP contribution in [0.1, 0.15) is 24.0 Å². The molecule has 0 saturated carbocycles. The van der Waals surface area contributed by atoms with E-state index in [0.29, 0.717) is 5.92 Å². The van der Waals surface area contributed by atoms with Crippen molar-refractivity contribution in [2.75, 3.05) is 0 Å². The van der Waals surface area contributed by atoms with Gasteiger partial charge >= 0.3 is 68.9 Å². The van der Waals surface area contributed by atoms with Gasteiger partial charge < -0.3 is 0 Å². The predicted octanol–water partition coefficient (Wildman–Crippen LogP) is 0.623. The fourth-order valence-corrected chi connectivity index (χ4v) is 2.32. The molecule has 0 fully saturated rings. The van der Waals surface area contributed by atoms with Crippen molar-refractivity contribution in [2.45, 2.75) is 12.8 Å². The van der Waals surface area contributed by atoms with Crippen LogP contribution in [0.15, 0.2) is 42.5 Å². The van der Waals surface area contributed by atoms with E-state index >= 15 is 0 Å². The average Bonchev–Trinajstić information content (AvgIpc) is 2.55. The monoisotopic (exact) mass is 312 g/mol. The Morgan fingerprint density at radius 1 is 1.00 bits per heavy atom. The molecule has 0 amide bonds. The zero-order valence-electron chi connectivity index (χ0n) is 9.12. The average molecular weight is 312 g/mol. The Morgan fingerprint density at radius 3 is 2.60 bits per heavy atom. The number of fused-ring (bicyclic) bond motifs is 3. The van der Waals surface area contributed by atoms with Gasteiger partial charge in [-0.1, -0.05) is 36.8 Å². The summed E-state index contributed by atoms with van der Waals surface area (Å²) in [7, 11) is 0. The fourth-order valence-electron chi connectivity index (χ4n) is 2.32. The van der Waals surface area contributed by atoms with Crippen molar-refractivity contribution in [3.8, 4) is 11.1 Å². The second-order valence-electron chi connectivity index (χ2n) is 3.81. The Bertz CT molecular complexity index is 443. The summed E-state index contributed by atoms with van der Waals surface area (Å²) < 4.78 is 0. The molecule has 0 aliphatic heterocycles. The zero-order chi connectivity index (χ0) is 9.54. The number of hydrogen-bond donors (Lipinski definition) is 0. The molecule has 0 bridgehead atoms. The van der Waals surface area contributed by atoms with Crippen LogP contribution in [0.25, 0.3) is 11.1 Å². The zero-order valence-corrected chi connectivity index (χ0v) is 15.4. The van der Waals surface area contributed by atoms with E-state index in [0.717, 1.165) is 0 Å². The van der Waals surface area contributed by atoms with Crippen LogP contribution in [0, 0.1) is 6.07 Å². The molecule has 15 heavy (non-hydrogen) atoms. The van der Waals surface area contributed by atoms with E-state index in [9.17, 15) is 0 Å². The van der Waals surface area contributed by atoms with E-state index < -0.39 is 0 Å². The van der Waals surface area contributed by atoms with E-state index in [1.807, 2.05) is 6.07 Å². The summed E-state index contributed by atoms with van der Waals surface area (Å²) >= 11 is 0. The summed E-state index contributed by atoms with van der Waals surface area (Å²) in [6.07, 6.45) is 0. The molecule has 0 spiro atoms. The smallest absolute Gasteiger partial charge is 0.179 e. The molecule has 0 nitrogen and oxygen atoms in total. The summed E-state index contributed by atoms with van der Waals surface area (Å²) in [6, 6.07) is 18.2. The Kier molecular flexibility index (Phi) is 3.81. The van der Waals surface area contributed by atoms with Crippen molar-refractivity contribution in [1.29, 1.82) is 0 Å². The van der Waals surface area contributed by atoms with Gasteiger partial charge in [0, 0.05) is 0 Å². The number of hydrogen-bond acceptors (Lipinski definition) is 0. The fraction of sp³-hybridized carbons (Fsp3) is 0.143. The van der Waals surface area contributed by atoms with Crippen molar-refractivity contribution < 1.29 is 68.9 Å². The van der Waals surface area contributed by atoms with Crippen molar-refractivity contribution >= 4 is 0 Å². The van der Waals surface area contributed by atoms with Gasteiger partial charge in [-0.3, -0.25) is 0 Å². The molecule has 1 atom stereocenters. The number of benzene rings is 2. The first-order valence-electron chi connectivity index (χ1n) is 4.98. The van der Waals surface area contributed by atoms with Gasteiger partial charge in [-0.2, -0.15) is 24.3 Å². The first-order valence-corrected chi connectivity index (χ1v) is 4.98. The summed E-state index contributed by atoms with van der Waals surface area (Å²) in [6.45, 7) is 2.25. The maximum atomic E-state index is 3.35. The molecule has 0 aromatic heterocycles. The predicted molar refractivity (Wildman–Crippen MR) is 58.2 cm³/mol. The van der Waals surface area contributed by atoms with Gasteiger partial charge in [0.05, 0.1) is 0 Å². The minimum atomic E-state index is 0. The van der Waals surface area contributed by atoms with Gasteiger partial charge in [0.25, 0.3) is 0 Å². The molecule has 0 heterocycles. The van der Waals surface area contributed by atoms with Crippen LogP contribution in [-0.2, 0) is 0 Å². The van der Waals surface area contributed by atoms with Crippen molar-refractivity contribution in [2.24, 2.45) is 0 Å². The topological polar surface area (TPSA) is 0 Å². The molecule has 1 aliphatic rings. The summed E-state index contributed by atoms with van der Waals surface area (Å²) in [5.74, 6) is 0.502. The standard InChI is InChI=1S/C14H11.Cs/c1-10-11-6-2-4-8-13(11)14-9-5-3-7-12(10)14;/h2-6,8-10H,1H3;/q-1;+1. The Labute approximate surface area is 150 Å². The van der Waals surface area contributed by atoms with Gasteiger partial charge in [-0.25, -0.2) is 0 Å². The molecule has 3 rings (SSSR count). The molecule has 0 saturated heterocycles. The van der Waals surface area contributed by atoms with E-state index in [-0.39, 0.29) is 68.9 Å². The van der Waals surface area contributed by atoms with Crippen LogP contribution in [0.3, 0.4) is 0 Å². The van der Waals surface area contributed by atoms with Gasteiger partial charge in [0.1, 0.15) is 0 Å². The Hall–Kier alpha value is 0.492. The molecule has 0 radical (unpaired) electrons. The van der Waals surface area contributed by atoms with E-state index in [1.54, 1.807) is 0 Å². The third-order valence-electron chi connectivity index (χ3n) is 3.04. The van der Waals surface area contributed by atoms with Crippen LogP contribution >= 0.6 is 0 Å². The van der Waals surface area contributed by atoms with Crippen LogP contribution in [0.2, 0.25) is 0 Å². The molecule has 2 aromatic carbocycles. The van der Waals surface area contributed by atoms with Crippen LogP contribution < -0.4 is 68.9 Å². The largest absolute Gasteiger partial charge is 1.00 e. The van der Waals surface area contributed by atoms with E-state index in [4.69, 9.17) is 0 Å². The third kappa shape index (κ3) is 1.90. The van der Waals surface area contributed by atoms with Crippen LogP contribution in [0.5, 0.6) is 0 Å². The van der Waals surface area contributed by atoms with E-state index in [1.165, 1.54) is 22.3 Å². The quantitative estimate of drug-likeness (QED) is 0.626.